The molecule has 1 saturated heterocycles. The molecule has 2 heterocycles. The monoisotopic (exact) mass is 519 g/mol. The van der Waals surface area contributed by atoms with Crippen LogP contribution in [0.15, 0.2) is 54.7 Å². The molecule has 0 saturated carbocycles. The molecule has 0 bridgehead atoms. The van der Waals surface area contributed by atoms with Crippen LogP contribution in [0.2, 0.25) is 0 Å². The summed E-state index contributed by atoms with van der Waals surface area (Å²) in [6, 6.07) is 11.2. The lowest BCUT2D eigenvalue weighted by Crippen LogP contribution is -2.59. The van der Waals surface area contributed by atoms with Gasteiger partial charge in [-0.05, 0) is 60.6 Å². The van der Waals surface area contributed by atoms with Gasteiger partial charge in [0.05, 0.1) is 17.1 Å². The van der Waals surface area contributed by atoms with Crippen LogP contribution in [0.1, 0.15) is 19.4 Å². The predicted molar refractivity (Wildman–Crippen MR) is 135 cm³/mol. The van der Waals surface area contributed by atoms with Crippen molar-refractivity contribution in [3.8, 4) is 0 Å². The van der Waals surface area contributed by atoms with Crippen molar-refractivity contribution in [3.63, 3.8) is 0 Å². The van der Waals surface area contributed by atoms with Crippen LogP contribution in [-0.2, 0) is 6.18 Å². The summed E-state index contributed by atoms with van der Waals surface area (Å²) in [6.45, 7) is 5.08. The third-order valence-corrected chi connectivity index (χ3v) is 6.48. The maximum absolute atomic E-state index is 13.6. The number of urea groups is 1. The molecule has 36 heavy (non-hydrogen) atoms. The number of nitrogens with zero attached hydrogens (tertiary/aromatic N) is 3. The first kappa shape index (κ1) is 25.6. The Morgan fingerprint density at radius 1 is 1.11 bits per heavy atom. The Bertz CT molecular complexity index is 1280. The molecule has 4 rings (SSSR count). The van der Waals surface area contributed by atoms with Gasteiger partial charge in [0.2, 0.25) is 0 Å². The average molecular weight is 520 g/mol. The fourth-order valence-corrected chi connectivity index (χ4v) is 4.58. The Hall–Kier alpha value is -3.47. The minimum atomic E-state index is -4.86. The highest BCUT2D eigenvalue weighted by molar-refractivity contribution is 7.80. The highest BCUT2D eigenvalue weighted by atomic mass is 32.1. The number of halogens is 4. The summed E-state index contributed by atoms with van der Waals surface area (Å²) in [6.07, 6.45) is -3.14. The third kappa shape index (κ3) is 5.51. The molecule has 11 heteroatoms. The molecule has 1 aliphatic rings. The standard InChI is InChI=1S/C25H25F4N5OS/c1-15(2)22-14-33(23(35)31-16-8-9-19(26)18(13-16)25(27,28)29)11-12-34(22)24(36)32-21-7-3-6-20-17(21)5-4-10-30-20/h3-10,13,15,22H,11-12,14H2,1-2H3,(H,31,35)(H,32,36). The number of pyridine rings is 1. The molecule has 0 spiro atoms. The van der Waals surface area contributed by atoms with E-state index in [4.69, 9.17) is 12.2 Å². The molecule has 1 atom stereocenters. The summed E-state index contributed by atoms with van der Waals surface area (Å²) in [5.41, 5.74) is 0.107. The summed E-state index contributed by atoms with van der Waals surface area (Å²) in [4.78, 5) is 20.8. The van der Waals surface area contributed by atoms with Gasteiger partial charge in [0, 0.05) is 42.6 Å². The minimum Gasteiger partial charge on any atom is -0.342 e. The number of nitrogens with one attached hydrogen (secondary N) is 2. The fraction of sp³-hybridized carbons (Fsp3) is 0.320. The van der Waals surface area contributed by atoms with Gasteiger partial charge in [-0.1, -0.05) is 19.9 Å². The number of carbonyl (C=O) groups excluding carboxylic acids is 1. The van der Waals surface area contributed by atoms with Gasteiger partial charge < -0.3 is 20.4 Å². The zero-order valence-corrected chi connectivity index (χ0v) is 20.5. The highest BCUT2D eigenvalue weighted by Gasteiger charge is 2.35. The van der Waals surface area contributed by atoms with Crippen LogP contribution in [0, 0.1) is 11.7 Å². The predicted octanol–water partition coefficient (Wildman–Crippen LogP) is 5.96. The second-order valence-corrected chi connectivity index (χ2v) is 9.27. The second-order valence-electron chi connectivity index (χ2n) is 8.88. The molecular weight excluding hydrogens is 494 g/mol. The molecule has 2 amide bonds. The summed E-state index contributed by atoms with van der Waals surface area (Å²) >= 11 is 5.72. The first-order chi connectivity index (χ1) is 17.0. The number of rotatable bonds is 3. The number of aromatic nitrogens is 1. The maximum atomic E-state index is 13.6. The molecule has 190 valence electrons. The number of hydrogen-bond donors (Lipinski definition) is 2. The summed E-state index contributed by atoms with van der Waals surface area (Å²) in [5.74, 6) is -1.27. The first-order valence-corrected chi connectivity index (χ1v) is 11.8. The zero-order chi connectivity index (χ0) is 26.0. The number of benzene rings is 2. The molecule has 1 aliphatic heterocycles. The van der Waals surface area contributed by atoms with Crippen molar-refractivity contribution in [3.05, 3.63) is 66.1 Å². The van der Waals surface area contributed by atoms with Crippen LogP contribution in [0.5, 0.6) is 0 Å². The van der Waals surface area contributed by atoms with Crippen LogP contribution in [0.3, 0.4) is 0 Å². The first-order valence-electron chi connectivity index (χ1n) is 11.4. The average Bonchev–Trinajstić information content (AvgIpc) is 2.84. The molecule has 0 aliphatic carbocycles. The SMILES string of the molecule is CC(C)C1CN(C(=O)Nc2ccc(F)c(C(F)(F)F)c2)CCN1C(=S)Nc1cccc2ncccc12. The Morgan fingerprint density at radius 3 is 2.61 bits per heavy atom. The van der Waals surface area contributed by atoms with Crippen molar-refractivity contribution >= 4 is 45.6 Å². The number of fused-ring (bicyclic) bond motifs is 1. The number of amides is 2. The van der Waals surface area contributed by atoms with Crippen molar-refractivity contribution in [2.24, 2.45) is 5.92 Å². The Labute approximate surface area is 211 Å². The van der Waals surface area contributed by atoms with E-state index in [0.29, 0.717) is 36.9 Å². The molecule has 2 aromatic carbocycles. The zero-order valence-electron chi connectivity index (χ0n) is 19.6. The van der Waals surface area contributed by atoms with Crippen LogP contribution in [-0.4, -0.2) is 51.6 Å². The third-order valence-electron chi connectivity index (χ3n) is 6.15. The normalized spacial score (nSPS) is 16.4. The molecule has 0 radical (unpaired) electrons. The van der Waals surface area contributed by atoms with E-state index in [0.717, 1.165) is 22.7 Å². The van der Waals surface area contributed by atoms with Crippen LogP contribution < -0.4 is 10.6 Å². The highest BCUT2D eigenvalue weighted by Crippen LogP contribution is 2.33. The van der Waals surface area contributed by atoms with Gasteiger partial charge in [-0.25, -0.2) is 9.18 Å². The van der Waals surface area contributed by atoms with Crippen LogP contribution in [0.25, 0.3) is 10.9 Å². The fourth-order valence-electron chi connectivity index (χ4n) is 4.24. The molecular formula is C25H25F4N5OS. The molecule has 2 N–H and O–H groups in total. The van der Waals surface area contributed by atoms with Crippen molar-refractivity contribution in [1.82, 2.24) is 14.8 Å². The number of carbonyl (C=O) groups is 1. The van der Waals surface area contributed by atoms with E-state index >= 15 is 0 Å². The van der Waals surface area contributed by atoms with Crippen molar-refractivity contribution in [2.45, 2.75) is 26.1 Å². The second kappa shape index (κ2) is 10.3. The molecule has 1 fully saturated rings. The van der Waals surface area contributed by atoms with E-state index in [1.54, 1.807) is 6.20 Å². The summed E-state index contributed by atoms with van der Waals surface area (Å²) in [7, 11) is 0. The van der Waals surface area contributed by atoms with Gasteiger partial charge in [-0.3, -0.25) is 4.98 Å². The van der Waals surface area contributed by atoms with Crippen molar-refractivity contribution in [2.75, 3.05) is 30.3 Å². The summed E-state index contributed by atoms with van der Waals surface area (Å²) in [5, 5.41) is 7.21. The Kier molecular flexibility index (Phi) is 7.30. The van der Waals surface area contributed by atoms with Gasteiger partial charge in [-0.2, -0.15) is 13.2 Å². The van der Waals surface area contributed by atoms with E-state index in [2.05, 4.69) is 15.6 Å². The van der Waals surface area contributed by atoms with E-state index < -0.39 is 23.6 Å². The van der Waals surface area contributed by atoms with Crippen molar-refractivity contribution in [1.29, 1.82) is 0 Å². The van der Waals surface area contributed by atoms with Gasteiger partial charge in [0.25, 0.3) is 0 Å². The lowest BCUT2D eigenvalue weighted by atomic mass is 10.00. The number of hydrogen-bond acceptors (Lipinski definition) is 3. The number of alkyl halides is 3. The molecule has 6 nitrogen and oxygen atoms in total. The van der Waals surface area contributed by atoms with E-state index in [1.165, 1.54) is 4.90 Å². The summed E-state index contributed by atoms with van der Waals surface area (Å²) < 4.78 is 52.7. The van der Waals surface area contributed by atoms with Gasteiger partial charge >= 0.3 is 12.2 Å². The number of thiocarbonyl (C=S) groups is 1. The lowest BCUT2D eigenvalue weighted by Gasteiger charge is -2.44. The quantitative estimate of drug-likeness (QED) is 0.330. The van der Waals surface area contributed by atoms with Gasteiger partial charge in [-0.15, -0.1) is 0 Å². The molecule has 1 unspecified atom stereocenters. The minimum absolute atomic E-state index is 0.122. The Balaban J connectivity index is 1.46. The topological polar surface area (TPSA) is 60.5 Å². The maximum Gasteiger partial charge on any atom is 0.419 e. The largest absolute Gasteiger partial charge is 0.419 e. The van der Waals surface area contributed by atoms with E-state index in [9.17, 15) is 22.4 Å². The molecule has 1 aromatic heterocycles. The van der Waals surface area contributed by atoms with E-state index in [-0.39, 0.29) is 17.6 Å². The van der Waals surface area contributed by atoms with Crippen LogP contribution >= 0.6 is 12.2 Å². The number of piperazine rings is 1. The Morgan fingerprint density at radius 2 is 1.89 bits per heavy atom. The smallest absolute Gasteiger partial charge is 0.342 e. The van der Waals surface area contributed by atoms with E-state index in [1.807, 2.05) is 49.1 Å². The number of anilines is 2. The molecule has 3 aromatic rings. The van der Waals surface area contributed by atoms with Gasteiger partial charge in [0.15, 0.2) is 5.11 Å². The van der Waals surface area contributed by atoms with Gasteiger partial charge in [0.1, 0.15) is 5.82 Å². The lowest BCUT2D eigenvalue weighted by molar-refractivity contribution is -0.139. The van der Waals surface area contributed by atoms with Crippen LogP contribution in [0.4, 0.5) is 33.7 Å². The van der Waals surface area contributed by atoms with Crippen molar-refractivity contribution < 1.29 is 22.4 Å².